The molecule has 0 aromatic heterocycles. The minimum absolute atomic E-state index is 0.0220. The Morgan fingerprint density at radius 1 is 1.35 bits per heavy atom. The van der Waals surface area contributed by atoms with Gasteiger partial charge < -0.3 is 10.2 Å². The van der Waals surface area contributed by atoms with Crippen molar-refractivity contribution in [2.24, 2.45) is 0 Å². The van der Waals surface area contributed by atoms with Gasteiger partial charge in [0, 0.05) is 11.4 Å². The maximum absolute atomic E-state index is 11.9. The highest BCUT2D eigenvalue weighted by atomic mass is 32.2. The molecule has 1 N–H and O–H groups in total. The smallest absolute Gasteiger partial charge is 0.252 e. The van der Waals surface area contributed by atoms with E-state index in [4.69, 9.17) is 0 Å². The second kappa shape index (κ2) is 7.35. The second-order valence-electron chi connectivity index (χ2n) is 4.11. The van der Waals surface area contributed by atoms with Crippen LogP contribution in [0.2, 0.25) is 0 Å². The SMILES string of the molecule is CSc1ccccc1C(=O)NCCCN(C)C. The third-order valence-corrected chi connectivity index (χ3v) is 3.22. The van der Waals surface area contributed by atoms with E-state index in [-0.39, 0.29) is 5.91 Å². The molecule has 0 atom stereocenters. The Balaban J connectivity index is 2.47. The molecular formula is C13H20N2OS. The number of rotatable bonds is 6. The highest BCUT2D eigenvalue weighted by molar-refractivity contribution is 7.98. The van der Waals surface area contributed by atoms with Crippen molar-refractivity contribution in [2.45, 2.75) is 11.3 Å². The van der Waals surface area contributed by atoms with Crippen LogP contribution in [-0.2, 0) is 0 Å². The van der Waals surface area contributed by atoms with Crippen LogP contribution in [0, 0.1) is 0 Å². The van der Waals surface area contributed by atoms with Gasteiger partial charge in [-0.25, -0.2) is 0 Å². The van der Waals surface area contributed by atoms with Crippen molar-refractivity contribution in [3.63, 3.8) is 0 Å². The van der Waals surface area contributed by atoms with Crippen LogP contribution in [0.5, 0.6) is 0 Å². The van der Waals surface area contributed by atoms with Crippen LogP contribution in [0.3, 0.4) is 0 Å². The van der Waals surface area contributed by atoms with E-state index < -0.39 is 0 Å². The Kier molecular flexibility index (Phi) is 6.08. The van der Waals surface area contributed by atoms with Gasteiger partial charge in [0.25, 0.3) is 5.91 Å². The van der Waals surface area contributed by atoms with E-state index in [0.29, 0.717) is 0 Å². The minimum Gasteiger partial charge on any atom is -0.352 e. The molecule has 0 spiro atoms. The fourth-order valence-corrected chi connectivity index (χ4v) is 2.12. The maximum atomic E-state index is 11.9. The molecule has 0 radical (unpaired) electrons. The highest BCUT2D eigenvalue weighted by Gasteiger charge is 2.08. The Hall–Kier alpha value is -1.00. The zero-order valence-electron chi connectivity index (χ0n) is 10.7. The molecule has 0 unspecified atom stereocenters. The number of amides is 1. The van der Waals surface area contributed by atoms with Gasteiger partial charge in [0.1, 0.15) is 0 Å². The van der Waals surface area contributed by atoms with Crippen molar-refractivity contribution < 1.29 is 4.79 Å². The molecule has 0 bridgehead atoms. The van der Waals surface area contributed by atoms with Crippen molar-refractivity contribution in [3.8, 4) is 0 Å². The second-order valence-corrected chi connectivity index (χ2v) is 4.96. The topological polar surface area (TPSA) is 32.3 Å². The first-order valence-electron chi connectivity index (χ1n) is 5.71. The van der Waals surface area contributed by atoms with Crippen LogP contribution < -0.4 is 5.32 Å². The zero-order valence-corrected chi connectivity index (χ0v) is 11.5. The van der Waals surface area contributed by atoms with Crippen molar-refractivity contribution in [3.05, 3.63) is 29.8 Å². The van der Waals surface area contributed by atoms with Crippen molar-refractivity contribution in [2.75, 3.05) is 33.4 Å². The quantitative estimate of drug-likeness (QED) is 0.621. The average Bonchev–Trinajstić information content (AvgIpc) is 2.34. The van der Waals surface area contributed by atoms with Crippen LogP contribution in [0.4, 0.5) is 0 Å². The molecule has 0 heterocycles. The largest absolute Gasteiger partial charge is 0.352 e. The molecule has 0 aliphatic rings. The lowest BCUT2D eigenvalue weighted by molar-refractivity contribution is 0.0949. The predicted molar refractivity (Wildman–Crippen MR) is 73.7 cm³/mol. The first-order chi connectivity index (χ1) is 8.15. The maximum Gasteiger partial charge on any atom is 0.252 e. The van der Waals surface area contributed by atoms with E-state index in [0.717, 1.165) is 30.0 Å². The Morgan fingerprint density at radius 2 is 2.06 bits per heavy atom. The molecule has 0 fully saturated rings. The zero-order chi connectivity index (χ0) is 12.7. The molecule has 3 nitrogen and oxygen atoms in total. The summed E-state index contributed by atoms with van der Waals surface area (Å²) in [6.07, 6.45) is 2.96. The third kappa shape index (κ3) is 4.79. The number of carbonyl (C=O) groups is 1. The number of nitrogens with zero attached hydrogens (tertiary/aromatic N) is 1. The monoisotopic (exact) mass is 252 g/mol. The van der Waals surface area contributed by atoms with Gasteiger partial charge in [-0.05, 0) is 45.4 Å². The van der Waals surface area contributed by atoms with Gasteiger partial charge in [0.15, 0.2) is 0 Å². The summed E-state index contributed by atoms with van der Waals surface area (Å²) in [7, 11) is 4.07. The van der Waals surface area contributed by atoms with Gasteiger partial charge in [-0.1, -0.05) is 12.1 Å². The summed E-state index contributed by atoms with van der Waals surface area (Å²) in [6, 6.07) is 7.69. The average molecular weight is 252 g/mol. The summed E-state index contributed by atoms with van der Waals surface area (Å²) in [5.74, 6) is 0.0220. The van der Waals surface area contributed by atoms with Gasteiger partial charge in [0.05, 0.1) is 5.56 Å². The number of hydrogen-bond donors (Lipinski definition) is 1. The van der Waals surface area contributed by atoms with Crippen molar-refractivity contribution in [1.82, 2.24) is 10.2 Å². The van der Waals surface area contributed by atoms with Crippen molar-refractivity contribution in [1.29, 1.82) is 0 Å². The molecule has 1 rings (SSSR count). The normalized spacial score (nSPS) is 10.6. The van der Waals surface area contributed by atoms with Gasteiger partial charge in [0.2, 0.25) is 0 Å². The molecule has 1 aromatic carbocycles. The summed E-state index contributed by atoms with van der Waals surface area (Å²) < 4.78 is 0. The lowest BCUT2D eigenvalue weighted by Crippen LogP contribution is -2.27. The number of benzene rings is 1. The highest BCUT2D eigenvalue weighted by Crippen LogP contribution is 2.19. The molecule has 1 amide bonds. The molecule has 0 saturated carbocycles. The van der Waals surface area contributed by atoms with Crippen molar-refractivity contribution >= 4 is 17.7 Å². The Bertz CT molecular complexity index is 366. The first-order valence-corrected chi connectivity index (χ1v) is 6.93. The van der Waals surface area contributed by atoms with Gasteiger partial charge >= 0.3 is 0 Å². The van der Waals surface area contributed by atoms with E-state index in [1.54, 1.807) is 11.8 Å². The molecule has 4 heteroatoms. The third-order valence-electron chi connectivity index (χ3n) is 2.42. The minimum atomic E-state index is 0.0220. The molecule has 0 aliphatic heterocycles. The number of nitrogens with one attached hydrogen (secondary N) is 1. The van der Waals surface area contributed by atoms with Gasteiger partial charge in [-0.3, -0.25) is 4.79 Å². The Labute approximate surface area is 108 Å². The standard InChI is InChI=1S/C13H20N2OS/c1-15(2)10-6-9-14-13(16)11-7-4-5-8-12(11)17-3/h4-5,7-8H,6,9-10H2,1-3H3,(H,14,16). The lowest BCUT2D eigenvalue weighted by atomic mass is 10.2. The molecule has 0 saturated heterocycles. The van der Waals surface area contributed by atoms with Gasteiger partial charge in [-0.15, -0.1) is 11.8 Å². The first kappa shape index (κ1) is 14.1. The Morgan fingerprint density at radius 3 is 2.71 bits per heavy atom. The molecular weight excluding hydrogens is 232 g/mol. The summed E-state index contributed by atoms with van der Waals surface area (Å²) in [5, 5.41) is 2.95. The van der Waals surface area contributed by atoms with E-state index in [2.05, 4.69) is 10.2 Å². The van der Waals surface area contributed by atoms with E-state index >= 15 is 0 Å². The van der Waals surface area contributed by atoms with Crippen LogP contribution >= 0.6 is 11.8 Å². The summed E-state index contributed by atoms with van der Waals surface area (Å²) in [6.45, 7) is 1.71. The molecule has 94 valence electrons. The fraction of sp³-hybridized carbons (Fsp3) is 0.462. The number of thioether (sulfide) groups is 1. The lowest BCUT2D eigenvalue weighted by Gasteiger charge is -2.11. The molecule has 17 heavy (non-hydrogen) atoms. The molecule has 1 aromatic rings. The summed E-state index contributed by atoms with van der Waals surface area (Å²) in [4.78, 5) is 15.1. The van der Waals surface area contributed by atoms with Crippen LogP contribution in [0.1, 0.15) is 16.8 Å². The summed E-state index contributed by atoms with van der Waals surface area (Å²) in [5.41, 5.74) is 0.768. The van der Waals surface area contributed by atoms with Gasteiger partial charge in [-0.2, -0.15) is 0 Å². The van der Waals surface area contributed by atoms with Crippen LogP contribution in [0.15, 0.2) is 29.2 Å². The fourth-order valence-electron chi connectivity index (χ4n) is 1.52. The van der Waals surface area contributed by atoms with E-state index in [9.17, 15) is 4.79 Å². The van der Waals surface area contributed by atoms with Crippen LogP contribution in [-0.4, -0.2) is 44.2 Å². The number of hydrogen-bond acceptors (Lipinski definition) is 3. The van der Waals surface area contributed by atoms with E-state index in [1.165, 1.54) is 0 Å². The number of carbonyl (C=O) groups excluding carboxylic acids is 1. The predicted octanol–water partition coefficient (Wildman–Crippen LogP) is 2.09. The van der Waals surface area contributed by atoms with Crippen LogP contribution in [0.25, 0.3) is 0 Å². The molecule has 0 aliphatic carbocycles. The summed E-state index contributed by atoms with van der Waals surface area (Å²) >= 11 is 1.60. The van der Waals surface area contributed by atoms with E-state index in [1.807, 2.05) is 44.6 Å².